The van der Waals surface area contributed by atoms with Crippen LogP contribution < -0.4 is 5.32 Å². The molecule has 1 aliphatic rings. The summed E-state index contributed by atoms with van der Waals surface area (Å²) in [5, 5.41) is 3.16. The van der Waals surface area contributed by atoms with Gasteiger partial charge >= 0.3 is 6.18 Å². The average molecular weight is 196 g/mol. The van der Waals surface area contributed by atoms with Gasteiger partial charge in [-0.2, -0.15) is 13.2 Å². The molecule has 0 bridgehead atoms. The second kappa shape index (κ2) is 4.28. The van der Waals surface area contributed by atoms with E-state index in [0.29, 0.717) is 6.54 Å². The first-order valence-electron chi connectivity index (χ1n) is 4.46. The lowest BCUT2D eigenvalue weighted by Gasteiger charge is -2.21. The molecule has 0 amide bonds. The molecule has 1 rings (SSSR count). The van der Waals surface area contributed by atoms with Gasteiger partial charge in [0.25, 0.3) is 0 Å². The second-order valence-corrected chi connectivity index (χ2v) is 3.61. The Balaban J connectivity index is 2.20. The summed E-state index contributed by atoms with van der Waals surface area (Å²) >= 11 is 0. The fourth-order valence-electron chi connectivity index (χ4n) is 1.66. The molecular weight excluding hydrogens is 181 g/mol. The maximum Gasteiger partial charge on any atom is 0.401 e. The monoisotopic (exact) mass is 196 g/mol. The highest BCUT2D eigenvalue weighted by atomic mass is 19.4. The van der Waals surface area contributed by atoms with E-state index >= 15 is 0 Å². The highest BCUT2D eigenvalue weighted by Crippen LogP contribution is 2.16. The Bertz CT molecular complexity index is 152. The first-order chi connectivity index (χ1) is 5.97. The highest BCUT2D eigenvalue weighted by molar-refractivity contribution is 4.77. The van der Waals surface area contributed by atoms with Crippen molar-refractivity contribution >= 4 is 0 Å². The van der Waals surface area contributed by atoms with Gasteiger partial charge < -0.3 is 5.32 Å². The van der Waals surface area contributed by atoms with Crippen LogP contribution in [0, 0.1) is 0 Å². The van der Waals surface area contributed by atoms with Gasteiger partial charge in [0, 0.05) is 12.6 Å². The third-order valence-corrected chi connectivity index (χ3v) is 2.14. The van der Waals surface area contributed by atoms with E-state index in [2.05, 4.69) is 5.32 Å². The lowest BCUT2D eigenvalue weighted by molar-refractivity contribution is -0.143. The van der Waals surface area contributed by atoms with Gasteiger partial charge in [-0.1, -0.05) is 0 Å². The third-order valence-electron chi connectivity index (χ3n) is 2.14. The van der Waals surface area contributed by atoms with Gasteiger partial charge in [0.15, 0.2) is 0 Å². The van der Waals surface area contributed by atoms with Crippen molar-refractivity contribution in [1.29, 1.82) is 0 Å². The van der Waals surface area contributed by atoms with E-state index in [1.54, 1.807) is 0 Å². The smallest absolute Gasteiger partial charge is 0.313 e. The average Bonchev–Trinajstić information content (AvgIpc) is 2.34. The van der Waals surface area contributed by atoms with Crippen LogP contribution in [0.15, 0.2) is 0 Å². The summed E-state index contributed by atoms with van der Waals surface area (Å²) in [6.07, 6.45) is -2.01. The number of likely N-dealkylation sites (N-methyl/N-ethyl adjacent to an activating group) is 1. The van der Waals surface area contributed by atoms with Crippen LogP contribution in [-0.4, -0.2) is 43.8 Å². The lowest BCUT2D eigenvalue weighted by Crippen LogP contribution is -2.39. The molecule has 0 aromatic heterocycles. The zero-order valence-corrected chi connectivity index (χ0v) is 7.69. The molecule has 1 heterocycles. The van der Waals surface area contributed by atoms with Crippen molar-refractivity contribution in [2.75, 3.05) is 26.7 Å². The van der Waals surface area contributed by atoms with Gasteiger partial charge in [0.05, 0.1) is 6.54 Å². The molecule has 0 radical (unpaired) electrons. The predicted octanol–water partition coefficient (Wildman–Crippen LogP) is 1.23. The Labute approximate surface area is 76.1 Å². The number of alkyl halides is 3. The minimum Gasteiger partial charge on any atom is -0.313 e. The molecule has 1 N–H and O–H groups in total. The Morgan fingerprint density at radius 2 is 2.15 bits per heavy atom. The molecule has 0 saturated carbocycles. The molecule has 0 aromatic rings. The number of rotatable bonds is 3. The van der Waals surface area contributed by atoms with Crippen molar-refractivity contribution in [2.24, 2.45) is 0 Å². The van der Waals surface area contributed by atoms with Gasteiger partial charge in [-0.3, -0.25) is 4.90 Å². The second-order valence-electron chi connectivity index (χ2n) is 3.61. The van der Waals surface area contributed by atoms with Crippen molar-refractivity contribution in [3.8, 4) is 0 Å². The molecular formula is C8H15F3N2. The number of hydrogen-bond acceptors (Lipinski definition) is 2. The first-order valence-corrected chi connectivity index (χ1v) is 4.46. The summed E-state index contributed by atoms with van der Waals surface area (Å²) in [5.74, 6) is 0. The molecule has 78 valence electrons. The Hall–Kier alpha value is -0.290. The molecule has 0 spiro atoms. The van der Waals surface area contributed by atoms with E-state index in [-0.39, 0.29) is 6.04 Å². The summed E-state index contributed by atoms with van der Waals surface area (Å²) in [7, 11) is 1.51. The topological polar surface area (TPSA) is 15.3 Å². The van der Waals surface area contributed by atoms with Crippen molar-refractivity contribution in [3.05, 3.63) is 0 Å². The summed E-state index contributed by atoms with van der Waals surface area (Å²) in [5.41, 5.74) is 0. The molecule has 5 heteroatoms. The van der Waals surface area contributed by atoms with Gasteiger partial charge in [-0.05, 0) is 26.4 Å². The zero-order valence-electron chi connectivity index (χ0n) is 7.69. The standard InChI is InChI=1S/C8H15F3N2/c1-13(6-8(9,10)11)5-7-3-2-4-12-7/h7,12H,2-6H2,1H3. The predicted molar refractivity (Wildman–Crippen MR) is 44.6 cm³/mol. The quantitative estimate of drug-likeness (QED) is 0.730. The van der Waals surface area contributed by atoms with Crippen LogP contribution >= 0.6 is 0 Å². The SMILES string of the molecule is CN(CC1CCCN1)CC(F)(F)F. The highest BCUT2D eigenvalue weighted by Gasteiger charge is 2.30. The fourth-order valence-corrected chi connectivity index (χ4v) is 1.66. The van der Waals surface area contributed by atoms with Crippen molar-refractivity contribution in [1.82, 2.24) is 10.2 Å². The molecule has 1 aliphatic heterocycles. The normalized spacial score (nSPS) is 24.2. The molecule has 1 unspecified atom stereocenters. The van der Waals surface area contributed by atoms with Crippen LogP contribution in [0.5, 0.6) is 0 Å². The van der Waals surface area contributed by atoms with Gasteiger partial charge in [-0.15, -0.1) is 0 Å². The molecule has 0 aliphatic carbocycles. The zero-order chi connectivity index (χ0) is 9.90. The van der Waals surface area contributed by atoms with E-state index < -0.39 is 12.7 Å². The largest absolute Gasteiger partial charge is 0.401 e. The van der Waals surface area contributed by atoms with Gasteiger partial charge in [0.2, 0.25) is 0 Å². The first kappa shape index (κ1) is 10.8. The van der Waals surface area contributed by atoms with Crippen molar-refractivity contribution < 1.29 is 13.2 Å². The summed E-state index contributed by atoms with van der Waals surface area (Å²) in [4.78, 5) is 1.32. The van der Waals surface area contributed by atoms with E-state index in [4.69, 9.17) is 0 Å². The molecule has 1 atom stereocenters. The fraction of sp³-hybridized carbons (Fsp3) is 1.00. The minimum atomic E-state index is -4.08. The van der Waals surface area contributed by atoms with Crippen LogP contribution in [0.4, 0.5) is 13.2 Å². The molecule has 13 heavy (non-hydrogen) atoms. The maximum atomic E-state index is 11.9. The van der Waals surface area contributed by atoms with E-state index in [1.165, 1.54) is 11.9 Å². The third kappa shape index (κ3) is 4.47. The van der Waals surface area contributed by atoms with Crippen molar-refractivity contribution in [2.45, 2.75) is 25.1 Å². The number of halogens is 3. The maximum absolute atomic E-state index is 11.9. The molecule has 1 fully saturated rings. The Morgan fingerprint density at radius 1 is 1.46 bits per heavy atom. The van der Waals surface area contributed by atoms with Gasteiger partial charge in [0.1, 0.15) is 0 Å². The van der Waals surface area contributed by atoms with Gasteiger partial charge in [-0.25, -0.2) is 0 Å². The summed E-state index contributed by atoms with van der Waals surface area (Å²) < 4.78 is 35.8. The number of hydrogen-bond donors (Lipinski definition) is 1. The minimum absolute atomic E-state index is 0.243. The summed E-state index contributed by atoms with van der Waals surface area (Å²) in [6, 6.07) is 0.243. The summed E-state index contributed by atoms with van der Waals surface area (Å²) in [6.45, 7) is 0.606. The Morgan fingerprint density at radius 3 is 2.62 bits per heavy atom. The van der Waals surface area contributed by atoms with Crippen LogP contribution in [0.2, 0.25) is 0 Å². The Kier molecular flexibility index (Phi) is 3.55. The van der Waals surface area contributed by atoms with E-state index in [1.807, 2.05) is 0 Å². The van der Waals surface area contributed by atoms with E-state index in [9.17, 15) is 13.2 Å². The molecule has 2 nitrogen and oxygen atoms in total. The van der Waals surface area contributed by atoms with Crippen molar-refractivity contribution in [3.63, 3.8) is 0 Å². The van der Waals surface area contributed by atoms with E-state index in [0.717, 1.165) is 19.4 Å². The van der Waals surface area contributed by atoms with Crippen LogP contribution in [0.3, 0.4) is 0 Å². The molecule has 1 saturated heterocycles. The number of nitrogens with one attached hydrogen (secondary N) is 1. The number of nitrogens with zero attached hydrogens (tertiary/aromatic N) is 1. The van der Waals surface area contributed by atoms with Crippen LogP contribution in [0.1, 0.15) is 12.8 Å². The van der Waals surface area contributed by atoms with Crippen LogP contribution in [0.25, 0.3) is 0 Å². The lowest BCUT2D eigenvalue weighted by atomic mass is 10.2. The van der Waals surface area contributed by atoms with Crippen LogP contribution in [-0.2, 0) is 0 Å². The molecule has 0 aromatic carbocycles.